The molecule has 0 radical (unpaired) electrons. The van der Waals surface area contributed by atoms with Crippen molar-refractivity contribution in [3.8, 4) is 0 Å². The number of rotatable bonds is 11. The topological polar surface area (TPSA) is 100 Å². The van der Waals surface area contributed by atoms with Gasteiger partial charge in [0.05, 0.1) is 31.6 Å². The molecule has 0 saturated heterocycles. The molecule has 0 aliphatic heterocycles. The van der Waals surface area contributed by atoms with E-state index in [2.05, 4.69) is 25.6 Å². The van der Waals surface area contributed by atoms with Gasteiger partial charge in [0.2, 0.25) is 17.8 Å². The van der Waals surface area contributed by atoms with Crippen LogP contribution in [0.25, 0.3) is 0 Å². The molecule has 0 aliphatic rings. The van der Waals surface area contributed by atoms with E-state index < -0.39 is 0 Å². The van der Waals surface area contributed by atoms with Gasteiger partial charge in [-0.25, -0.2) is 0 Å². The summed E-state index contributed by atoms with van der Waals surface area (Å²) in [6.45, 7) is 5.35. The van der Waals surface area contributed by atoms with Gasteiger partial charge in [0, 0.05) is 24.5 Å². The number of carbonyl (C=O) groups is 2. The molecule has 0 bridgehead atoms. The highest BCUT2D eigenvalue weighted by Gasteiger charge is 2.15. The van der Waals surface area contributed by atoms with E-state index in [9.17, 15) is 9.59 Å². The quantitative estimate of drug-likeness (QED) is 0.226. The van der Waals surface area contributed by atoms with Crippen LogP contribution < -0.4 is 15.5 Å². The van der Waals surface area contributed by atoms with Crippen LogP contribution >= 0.6 is 69.9 Å². The number of amides is 2. The minimum atomic E-state index is -0.261. The van der Waals surface area contributed by atoms with Gasteiger partial charge >= 0.3 is 0 Å². The molecule has 2 aromatic carbocycles. The van der Waals surface area contributed by atoms with Crippen molar-refractivity contribution in [1.29, 1.82) is 0 Å². The number of carbonyl (C=O) groups excluding carboxylic acids is 2. The van der Waals surface area contributed by atoms with E-state index in [1.165, 1.54) is 0 Å². The summed E-state index contributed by atoms with van der Waals surface area (Å²) in [6, 6.07) is 9.69. The molecule has 8 nitrogen and oxygen atoms in total. The molecule has 2 amide bonds. The molecule has 14 heteroatoms. The number of hydrogen-bond acceptors (Lipinski definition) is 8. The van der Waals surface area contributed by atoms with Gasteiger partial charge in [0.1, 0.15) is 0 Å². The SMILES string of the molecule is CCN(CC)c1nc(SCC(=O)Nc2ccc(Cl)c(Cl)c2)nc(SCC(=O)Nc2ccc(Cl)c(Cl)c2)n1. The van der Waals surface area contributed by atoms with Crippen molar-refractivity contribution in [3.05, 3.63) is 56.5 Å². The average Bonchev–Trinajstić information content (AvgIpc) is 2.87. The van der Waals surface area contributed by atoms with E-state index in [0.29, 0.717) is 60.8 Å². The fraction of sp³-hybridized carbons (Fsp3) is 0.261. The molecule has 2 N–H and O–H groups in total. The minimum absolute atomic E-state index is 0.0594. The third-order valence-corrected chi connectivity index (χ3v) is 7.87. The van der Waals surface area contributed by atoms with Gasteiger partial charge in [-0.1, -0.05) is 69.9 Å². The van der Waals surface area contributed by atoms with Crippen LogP contribution in [-0.4, -0.2) is 51.4 Å². The number of aromatic nitrogens is 3. The Hall–Kier alpha value is -1.95. The summed E-state index contributed by atoms with van der Waals surface area (Å²) >= 11 is 26.2. The maximum Gasteiger partial charge on any atom is 0.234 e. The van der Waals surface area contributed by atoms with E-state index in [-0.39, 0.29) is 23.3 Å². The highest BCUT2D eigenvalue weighted by atomic mass is 35.5. The third kappa shape index (κ3) is 9.08. The van der Waals surface area contributed by atoms with Crippen molar-refractivity contribution in [2.45, 2.75) is 24.2 Å². The van der Waals surface area contributed by atoms with Gasteiger partial charge in [-0.2, -0.15) is 15.0 Å². The Balaban J connectivity index is 1.66. The Kier molecular flexibility index (Phi) is 11.4. The molecule has 0 atom stereocenters. The standard InChI is InChI=1S/C23H22Cl4N6O2S2/c1-3-33(4-2)21-30-22(36-11-19(34)28-13-5-7-15(24)17(26)9-13)32-23(31-21)37-12-20(35)29-14-6-8-16(25)18(27)10-14/h5-10H,3-4,11-12H2,1-2H3,(H,28,34)(H,29,35). The maximum absolute atomic E-state index is 12.5. The second-order valence-corrected chi connectivity index (χ2v) is 10.8. The highest BCUT2D eigenvalue weighted by molar-refractivity contribution is 8.00. The van der Waals surface area contributed by atoms with Crippen LogP contribution in [0, 0.1) is 0 Å². The molecule has 3 rings (SSSR count). The van der Waals surface area contributed by atoms with Gasteiger partial charge in [0.25, 0.3) is 0 Å². The van der Waals surface area contributed by atoms with Gasteiger partial charge in [-0.15, -0.1) is 0 Å². The summed E-state index contributed by atoms with van der Waals surface area (Å²) in [4.78, 5) is 40.3. The van der Waals surface area contributed by atoms with Crippen molar-refractivity contribution < 1.29 is 9.59 Å². The lowest BCUT2D eigenvalue weighted by Gasteiger charge is -2.19. The maximum atomic E-state index is 12.5. The number of halogens is 4. The smallest absolute Gasteiger partial charge is 0.234 e. The summed E-state index contributed by atoms with van der Waals surface area (Å²) in [7, 11) is 0. The zero-order chi connectivity index (χ0) is 26.9. The number of anilines is 3. The molecular weight excluding hydrogens is 598 g/mol. The van der Waals surface area contributed by atoms with Gasteiger partial charge < -0.3 is 15.5 Å². The second-order valence-electron chi connectivity index (χ2n) is 7.30. The molecule has 1 aromatic heterocycles. The summed E-state index contributed by atoms with van der Waals surface area (Å²) in [5, 5.41) is 7.76. The first-order chi connectivity index (χ1) is 17.7. The largest absolute Gasteiger partial charge is 0.341 e. The third-order valence-electron chi connectivity index (χ3n) is 4.70. The molecular formula is C23H22Cl4N6O2S2. The fourth-order valence-electron chi connectivity index (χ4n) is 2.91. The fourth-order valence-corrected chi connectivity index (χ4v) is 4.82. The predicted octanol–water partition coefficient (Wildman–Crippen LogP) is 6.79. The number of nitrogens with zero attached hydrogens (tertiary/aromatic N) is 4. The number of benzene rings is 2. The van der Waals surface area contributed by atoms with Crippen molar-refractivity contribution in [2.24, 2.45) is 0 Å². The lowest BCUT2D eigenvalue weighted by molar-refractivity contribution is -0.114. The van der Waals surface area contributed by atoms with Crippen LogP contribution in [-0.2, 0) is 9.59 Å². The summed E-state index contributed by atoms with van der Waals surface area (Å²) < 4.78 is 0. The van der Waals surface area contributed by atoms with Crippen LogP contribution in [0.1, 0.15) is 13.8 Å². The first-order valence-electron chi connectivity index (χ1n) is 10.9. The van der Waals surface area contributed by atoms with Gasteiger partial charge in [-0.05, 0) is 50.2 Å². The molecule has 196 valence electrons. The second kappa shape index (κ2) is 14.3. The van der Waals surface area contributed by atoms with Crippen LogP contribution in [0.5, 0.6) is 0 Å². The Bertz CT molecular complexity index is 1190. The van der Waals surface area contributed by atoms with E-state index in [1.807, 2.05) is 18.7 Å². The predicted molar refractivity (Wildman–Crippen MR) is 155 cm³/mol. The summed E-state index contributed by atoms with van der Waals surface area (Å²) in [5.41, 5.74) is 1.06. The molecule has 0 spiro atoms. The molecule has 0 fully saturated rings. The lowest BCUT2D eigenvalue weighted by atomic mass is 10.3. The number of nitrogens with one attached hydrogen (secondary N) is 2. The minimum Gasteiger partial charge on any atom is -0.341 e. The number of thioether (sulfide) groups is 2. The van der Waals surface area contributed by atoms with Crippen LogP contribution in [0.4, 0.5) is 17.3 Å². The van der Waals surface area contributed by atoms with E-state index in [4.69, 9.17) is 46.4 Å². The molecule has 3 aromatic rings. The zero-order valence-corrected chi connectivity index (χ0v) is 24.4. The molecule has 37 heavy (non-hydrogen) atoms. The Labute approximate surface area is 243 Å². The summed E-state index contributed by atoms with van der Waals surface area (Å²) in [5.74, 6) is 0.0693. The van der Waals surface area contributed by atoms with Crippen LogP contribution in [0.2, 0.25) is 20.1 Å². The lowest BCUT2D eigenvalue weighted by Crippen LogP contribution is -2.25. The zero-order valence-electron chi connectivity index (χ0n) is 19.7. The van der Waals surface area contributed by atoms with Gasteiger partial charge in [0.15, 0.2) is 10.3 Å². The highest BCUT2D eigenvalue weighted by Crippen LogP contribution is 2.27. The normalized spacial score (nSPS) is 10.8. The first kappa shape index (κ1) is 29.6. The van der Waals surface area contributed by atoms with E-state index in [1.54, 1.807) is 36.4 Å². The molecule has 0 aliphatic carbocycles. The molecule has 1 heterocycles. The van der Waals surface area contributed by atoms with Crippen molar-refractivity contribution in [3.63, 3.8) is 0 Å². The van der Waals surface area contributed by atoms with Gasteiger partial charge in [-0.3, -0.25) is 9.59 Å². The van der Waals surface area contributed by atoms with Crippen molar-refractivity contribution in [1.82, 2.24) is 15.0 Å². The summed E-state index contributed by atoms with van der Waals surface area (Å²) in [6.07, 6.45) is 0. The van der Waals surface area contributed by atoms with Crippen molar-refractivity contribution in [2.75, 3.05) is 40.1 Å². The van der Waals surface area contributed by atoms with Crippen LogP contribution in [0.3, 0.4) is 0 Å². The first-order valence-corrected chi connectivity index (χ1v) is 14.4. The molecule has 0 unspecified atom stereocenters. The Morgan fingerprint density at radius 2 is 1.16 bits per heavy atom. The van der Waals surface area contributed by atoms with Crippen molar-refractivity contribution >= 4 is 99.1 Å². The number of hydrogen-bond donors (Lipinski definition) is 2. The molecule has 0 saturated carbocycles. The monoisotopic (exact) mass is 618 g/mol. The van der Waals surface area contributed by atoms with Crippen LogP contribution in [0.15, 0.2) is 46.7 Å². The average molecular weight is 620 g/mol. The Morgan fingerprint density at radius 1 is 0.730 bits per heavy atom. The Morgan fingerprint density at radius 3 is 1.54 bits per heavy atom. The van der Waals surface area contributed by atoms with E-state index >= 15 is 0 Å². The van der Waals surface area contributed by atoms with E-state index in [0.717, 1.165) is 23.5 Å².